The van der Waals surface area contributed by atoms with Crippen molar-refractivity contribution in [3.05, 3.63) is 64.2 Å². The van der Waals surface area contributed by atoms with Gasteiger partial charge in [0.1, 0.15) is 0 Å². The van der Waals surface area contributed by atoms with Gasteiger partial charge in [-0.25, -0.2) is 0 Å². The van der Waals surface area contributed by atoms with E-state index in [4.69, 9.17) is 11.6 Å². The number of amides is 4. The fraction of sp³-hybridized carbons (Fsp3) is 0.370. The van der Waals surface area contributed by atoms with Crippen molar-refractivity contribution in [3.8, 4) is 0 Å². The van der Waals surface area contributed by atoms with E-state index in [2.05, 4.69) is 21.3 Å². The highest BCUT2D eigenvalue weighted by Crippen LogP contribution is 2.30. The number of ketones is 1. The minimum absolute atomic E-state index is 0.0924. The lowest BCUT2D eigenvalue weighted by molar-refractivity contribution is -0.139. The minimum Gasteiger partial charge on any atom is -0.353 e. The highest BCUT2D eigenvalue weighted by atomic mass is 35.5. The molecule has 2 aromatic carbocycles. The summed E-state index contributed by atoms with van der Waals surface area (Å²) in [5.74, 6) is -4.55. The molecule has 0 aromatic heterocycles. The Labute approximate surface area is 232 Å². The summed E-state index contributed by atoms with van der Waals surface area (Å²) in [5.41, 5.74) is -1.62. The first-order valence-electron chi connectivity index (χ1n) is 12.6. The predicted octanol–water partition coefficient (Wildman–Crippen LogP) is 3.47. The number of rotatable bonds is 9. The van der Waals surface area contributed by atoms with E-state index in [1.54, 1.807) is 6.92 Å². The van der Waals surface area contributed by atoms with Crippen molar-refractivity contribution in [2.24, 2.45) is 5.92 Å². The summed E-state index contributed by atoms with van der Waals surface area (Å²) >= 11 is 6.07. The van der Waals surface area contributed by atoms with Crippen LogP contribution in [0.25, 0.3) is 0 Å². The van der Waals surface area contributed by atoms with Crippen LogP contribution in [0.4, 0.5) is 18.9 Å². The van der Waals surface area contributed by atoms with Crippen molar-refractivity contribution in [3.63, 3.8) is 0 Å². The van der Waals surface area contributed by atoms with Gasteiger partial charge in [-0.1, -0.05) is 17.7 Å². The van der Waals surface area contributed by atoms with Crippen LogP contribution in [-0.4, -0.2) is 47.5 Å². The molecule has 9 nitrogen and oxygen atoms in total. The first kappa shape index (κ1) is 29.1. The fourth-order valence-corrected chi connectivity index (χ4v) is 4.57. The lowest BCUT2D eigenvalue weighted by atomic mass is 9.93. The molecule has 212 valence electrons. The molecule has 2 aromatic rings. The lowest BCUT2D eigenvalue weighted by Gasteiger charge is -2.21. The molecule has 0 bridgehead atoms. The molecule has 2 aliphatic rings. The van der Waals surface area contributed by atoms with Crippen LogP contribution < -0.4 is 21.3 Å². The first-order valence-corrected chi connectivity index (χ1v) is 12.9. The van der Waals surface area contributed by atoms with Gasteiger partial charge in [0.05, 0.1) is 22.9 Å². The number of hydrogen-bond acceptors (Lipinski definition) is 5. The normalized spacial score (nSPS) is 19.4. The number of nitrogens with one attached hydrogen (secondary N) is 4. The minimum atomic E-state index is -4.66. The standard InChI is InChI=1S/C27H26ClF3N4O5/c1-13-9-15(24(38)32-13)11-21(22(36)26(40)33-18-6-7-18)35-25(39)19-12-17(28)5-8-20(19)34-23(37)14-3-2-4-16(10-14)27(29,30)31/h2-5,8,10,12-13,15,18,21H,6-7,9,11H2,1H3,(H,32,38)(H,33,40)(H,34,37)(H,35,39)/t13-,15+,21+/m1/s1. The Bertz CT molecular complexity index is 1360. The molecule has 4 rings (SSSR count). The summed E-state index contributed by atoms with van der Waals surface area (Å²) in [6, 6.07) is 5.97. The van der Waals surface area contributed by atoms with Crippen molar-refractivity contribution in [2.75, 3.05) is 5.32 Å². The molecule has 40 heavy (non-hydrogen) atoms. The first-order chi connectivity index (χ1) is 18.8. The molecule has 0 unspecified atom stereocenters. The molecule has 1 saturated carbocycles. The van der Waals surface area contributed by atoms with Gasteiger partial charge in [0, 0.05) is 28.6 Å². The van der Waals surface area contributed by atoms with E-state index in [-0.39, 0.29) is 46.2 Å². The third-order valence-corrected chi connectivity index (χ3v) is 6.84. The van der Waals surface area contributed by atoms with Gasteiger partial charge in [-0.15, -0.1) is 0 Å². The summed E-state index contributed by atoms with van der Waals surface area (Å²) in [4.78, 5) is 64.0. The molecule has 1 heterocycles. The molecule has 3 atom stereocenters. The smallest absolute Gasteiger partial charge is 0.353 e. The maximum Gasteiger partial charge on any atom is 0.416 e. The number of carbonyl (C=O) groups excluding carboxylic acids is 5. The zero-order chi connectivity index (χ0) is 29.2. The maximum absolute atomic E-state index is 13.4. The Hall–Kier alpha value is -3.93. The number of benzene rings is 2. The zero-order valence-corrected chi connectivity index (χ0v) is 22.0. The van der Waals surface area contributed by atoms with E-state index < -0.39 is 47.2 Å². The van der Waals surface area contributed by atoms with Crippen LogP contribution in [0.15, 0.2) is 42.5 Å². The number of Topliss-reactive ketones (excluding diaryl/α,β-unsaturated/α-hetero) is 1. The number of alkyl halides is 3. The fourth-order valence-electron chi connectivity index (χ4n) is 4.40. The maximum atomic E-state index is 13.4. The molecule has 4 amide bonds. The third kappa shape index (κ3) is 7.17. The van der Waals surface area contributed by atoms with Crippen LogP contribution in [0.2, 0.25) is 5.02 Å². The summed E-state index contributed by atoms with van der Waals surface area (Å²) in [7, 11) is 0. The molecule has 1 saturated heterocycles. The molecular weight excluding hydrogens is 553 g/mol. The Morgan fingerprint density at radius 2 is 1.80 bits per heavy atom. The van der Waals surface area contributed by atoms with E-state index in [0.717, 1.165) is 25.0 Å². The van der Waals surface area contributed by atoms with E-state index in [1.807, 2.05) is 0 Å². The molecule has 0 radical (unpaired) electrons. The highest BCUT2D eigenvalue weighted by molar-refractivity contribution is 6.38. The second kappa shape index (κ2) is 11.7. The Morgan fingerprint density at radius 1 is 1.07 bits per heavy atom. The van der Waals surface area contributed by atoms with Crippen LogP contribution in [0.1, 0.15) is 58.9 Å². The molecule has 2 fully saturated rings. The Balaban J connectivity index is 1.56. The van der Waals surface area contributed by atoms with Crippen molar-refractivity contribution in [2.45, 2.75) is 56.9 Å². The van der Waals surface area contributed by atoms with E-state index in [1.165, 1.54) is 24.3 Å². The van der Waals surface area contributed by atoms with Gasteiger partial charge in [-0.2, -0.15) is 13.2 Å². The van der Waals surface area contributed by atoms with Crippen molar-refractivity contribution >= 4 is 46.7 Å². The van der Waals surface area contributed by atoms with Gasteiger partial charge < -0.3 is 21.3 Å². The van der Waals surface area contributed by atoms with E-state index in [9.17, 15) is 37.1 Å². The molecule has 0 spiro atoms. The Kier molecular flexibility index (Phi) is 8.48. The van der Waals surface area contributed by atoms with Crippen molar-refractivity contribution in [1.29, 1.82) is 0 Å². The van der Waals surface area contributed by atoms with Gasteiger partial charge in [0.2, 0.25) is 11.7 Å². The van der Waals surface area contributed by atoms with Crippen LogP contribution >= 0.6 is 11.6 Å². The monoisotopic (exact) mass is 578 g/mol. The van der Waals surface area contributed by atoms with Crippen LogP contribution in [-0.2, 0) is 20.6 Å². The topological polar surface area (TPSA) is 133 Å². The van der Waals surface area contributed by atoms with Gasteiger partial charge in [-0.3, -0.25) is 24.0 Å². The summed E-state index contributed by atoms with van der Waals surface area (Å²) < 4.78 is 39.3. The number of hydrogen-bond donors (Lipinski definition) is 4. The number of carbonyl (C=O) groups is 5. The van der Waals surface area contributed by atoms with Gasteiger partial charge >= 0.3 is 6.18 Å². The summed E-state index contributed by atoms with van der Waals surface area (Å²) in [5, 5.41) is 10.3. The quantitative estimate of drug-likeness (QED) is 0.338. The lowest BCUT2D eigenvalue weighted by Crippen LogP contribution is -2.49. The second-order valence-corrected chi connectivity index (χ2v) is 10.4. The molecular formula is C27H26ClF3N4O5. The molecule has 1 aliphatic heterocycles. The van der Waals surface area contributed by atoms with Crippen LogP contribution in [0, 0.1) is 5.92 Å². The highest BCUT2D eigenvalue weighted by Gasteiger charge is 2.38. The molecule has 13 heteroatoms. The number of anilines is 1. The van der Waals surface area contributed by atoms with E-state index in [0.29, 0.717) is 12.5 Å². The van der Waals surface area contributed by atoms with Crippen molar-refractivity contribution < 1.29 is 37.1 Å². The zero-order valence-electron chi connectivity index (χ0n) is 21.2. The molecule has 4 N–H and O–H groups in total. The third-order valence-electron chi connectivity index (χ3n) is 6.60. The van der Waals surface area contributed by atoms with Crippen LogP contribution in [0.3, 0.4) is 0 Å². The average Bonchev–Trinajstić information content (AvgIpc) is 3.65. The largest absolute Gasteiger partial charge is 0.416 e. The summed E-state index contributed by atoms with van der Waals surface area (Å²) in [6.07, 6.45) is -2.93. The Morgan fingerprint density at radius 3 is 2.42 bits per heavy atom. The van der Waals surface area contributed by atoms with E-state index >= 15 is 0 Å². The number of halogens is 4. The van der Waals surface area contributed by atoms with Gasteiger partial charge in [0.15, 0.2) is 0 Å². The SMILES string of the molecule is C[C@@H]1C[C@@H](C[C@H](NC(=O)c2cc(Cl)ccc2NC(=O)c2cccc(C(F)(F)F)c2)C(=O)C(=O)NC2CC2)C(=O)N1. The van der Waals surface area contributed by atoms with Crippen LogP contribution in [0.5, 0.6) is 0 Å². The van der Waals surface area contributed by atoms with Gasteiger partial charge in [0.25, 0.3) is 17.7 Å². The van der Waals surface area contributed by atoms with Crippen molar-refractivity contribution in [1.82, 2.24) is 16.0 Å². The average molecular weight is 579 g/mol. The predicted molar refractivity (Wildman–Crippen MR) is 139 cm³/mol. The summed E-state index contributed by atoms with van der Waals surface area (Å²) in [6.45, 7) is 1.79. The second-order valence-electron chi connectivity index (χ2n) is 9.94. The van der Waals surface area contributed by atoms with Gasteiger partial charge in [-0.05, 0) is 69.0 Å². The molecule has 1 aliphatic carbocycles.